The number of carbonyl (C=O) groups is 1. The minimum absolute atomic E-state index is 0.0409. The van der Waals surface area contributed by atoms with Crippen LogP contribution in [0, 0.1) is 6.92 Å². The number of nitrogens with zero attached hydrogens (tertiary/aromatic N) is 1. The molecule has 4 nitrogen and oxygen atoms in total. The van der Waals surface area contributed by atoms with E-state index in [-0.39, 0.29) is 18.0 Å². The number of aryl methyl sites for hydroxylation is 1. The summed E-state index contributed by atoms with van der Waals surface area (Å²) in [5.41, 5.74) is 0.687. The molecule has 0 bridgehead atoms. The molecule has 2 aromatic heterocycles. The Bertz CT molecular complexity index is 621. The maximum atomic E-state index is 11.9. The summed E-state index contributed by atoms with van der Waals surface area (Å²) in [6.45, 7) is 6.78. The van der Waals surface area contributed by atoms with E-state index < -0.39 is 0 Å². The first-order chi connectivity index (χ1) is 9.87. The zero-order valence-electron chi connectivity index (χ0n) is 12.2. The average Bonchev–Trinajstić information content (AvgIpc) is 3.03. The third kappa shape index (κ3) is 4.78. The minimum Gasteiger partial charge on any atom is -0.350 e. The van der Waals surface area contributed by atoms with Crippen molar-refractivity contribution < 1.29 is 4.79 Å². The van der Waals surface area contributed by atoms with Gasteiger partial charge in [-0.25, -0.2) is 4.98 Å². The van der Waals surface area contributed by atoms with Gasteiger partial charge >= 0.3 is 0 Å². The van der Waals surface area contributed by atoms with Gasteiger partial charge in [0.1, 0.15) is 5.01 Å². The molecule has 21 heavy (non-hydrogen) atoms. The summed E-state index contributed by atoms with van der Waals surface area (Å²) in [5.74, 6) is -0.0409. The van der Waals surface area contributed by atoms with Crippen molar-refractivity contribution in [3.63, 3.8) is 0 Å². The Morgan fingerprint density at radius 1 is 1.43 bits per heavy atom. The van der Waals surface area contributed by atoms with Crippen molar-refractivity contribution in [2.75, 3.05) is 6.54 Å². The number of rotatable bonds is 6. The minimum atomic E-state index is -0.317. The first-order valence-electron chi connectivity index (χ1n) is 6.55. The Labute approximate surface area is 137 Å². The Balaban J connectivity index is 1.80. The number of aromatic nitrogens is 1. The standard InChI is InChI=1S/C14H18ClN3OS2/c1-9-8-20-13(18-9)14(2,3)17-7-12(19)16-6-10-4-5-11(15)21-10/h4-5,8,17H,6-7H2,1-3H3,(H,16,19). The van der Waals surface area contributed by atoms with Gasteiger partial charge < -0.3 is 5.32 Å². The Morgan fingerprint density at radius 3 is 2.76 bits per heavy atom. The lowest BCUT2D eigenvalue weighted by atomic mass is 10.1. The highest BCUT2D eigenvalue weighted by molar-refractivity contribution is 7.16. The van der Waals surface area contributed by atoms with Gasteiger partial charge in [-0.15, -0.1) is 22.7 Å². The van der Waals surface area contributed by atoms with Crippen LogP contribution in [0.3, 0.4) is 0 Å². The number of thiazole rings is 1. The largest absolute Gasteiger partial charge is 0.350 e. The van der Waals surface area contributed by atoms with Gasteiger partial charge in [-0.3, -0.25) is 10.1 Å². The second kappa shape index (κ2) is 6.87. The van der Waals surface area contributed by atoms with Crippen molar-refractivity contribution in [2.24, 2.45) is 0 Å². The van der Waals surface area contributed by atoms with E-state index in [1.54, 1.807) is 11.3 Å². The van der Waals surface area contributed by atoms with Crippen LogP contribution in [0.4, 0.5) is 0 Å². The number of amides is 1. The molecule has 0 saturated heterocycles. The van der Waals surface area contributed by atoms with Gasteiger partial charge in [-0.05, 0) is 32.9 Å². The predicted octanol–water partition coefficient (Wildman–Crippen LogP) is 3.31. The molecule has 2 heterocycles. The fourth-order valence-electron chi connectivity index (χ4n) is 1.71. The number of hydrogen-bond donors (Lipinski definition) is 2. The Morgan fingerprint density at radius 2 is 2.19 bits per heavy atom. The van der Waals surface area contributed by atoms with E-state index in [0.717, 1.165) is 19.9 Å². The highest BCUT2D eigenvalue weighted by atomic mass is 35.5. The van der Waals surface area contributed by atoms with Crippen LogP contribution in [-0.4, -0.2) is 17.4 Å². The van der Waals surface area contributed by atoms with Crippen LogP contribution in [0.25, 0.3) is 0 Å². The molecule has 0 spiro atoms. The molecule has 0 aliphatic rings. The first kappa shape index (κ1) is 16.4. The summed E-state index contributed by atoms with van der Waals surface area (Å²) in [6.07, 6.45) is 0. The van der Waals surface area contributed by atoms with Gasteiger partial charge in [0.05, 0.1) is 23.0 Å². The van der Waals surface area contributed by atoms with Gasteiger partial charge in [-0.1, -0.05) is 11.6 Å². The molecule has 0 saturated carbocycles. The zero-order chi connectivity index (χ0) is 15.5. The number of thiophene rings is 1. The van der Waals surface area contributed by atoms with E-state index in [1.165, 1.54) is 11.3 Å². The van der Waals surface area contributed by atoms with Crippen molar-refractivity contribution >= 4 is 40.2 Å². The van der Waals surface area contributed by atoms with Crippen molar-refractivity contribution in [1.29, 1.82) is 0 Å². The first-order valence-corrected chi connectivity index (χ1v) is 8.63. The molecular weight excluding hydrogens is 326 g/mol. The van der Waals surface area contributed by atoms with Crippen LogP contribution in [0.2, 0.25) is 4.34 Å². The van der Waals surface area contributed by atoms with Crippen LogP contribution < -0.4 is 10.6 Å². The second-order valence-electron chi connectivity index (χ2n) is 5.26. The molecule has 0 fully saturated rings. The van der Waals surface area contributed by atoms with E-state index in [1.807, 2.05) is 38.3 Å². The summed E-state index contributed by atoms with van der Waals surface area (Å²) in [4.78, 5) is 17.4. The van der Waals surface area contributed by atoms with Crippen LogP contribution in [0.1, 0.15) is 29.4 Å². The van der Waals surface area contributed by atoms with Gasteiger partial charge in [0.25, 0.3) is 0 Å². The van der Waals surface area contributed by atoms with Gasteiger partial charge in [0.15, 0.2) is 0 Å². The van der Waals surface area contributed by atoms with E-state index in [4.69, 9.17) is 11.6 Å². The molecular formula is C14H18ClN3OS2. The SMILES string of the molecule is Cc1csc(C(C)(C)NCC(=O)NCc2ccc(Cl)s2)n1. The van der Waals surface area contributed by atoms with Crippen LogP contribution >= 0.6 is 34.3 Å². The normalized spacial score (nSPS) is 11.6. The van der Waals surface area contributed by atoms with Crippen LogP contribution in [-0.2, 0) is 16.9 Å². The average molecular weight is 344 g/mol. The Hall–Kier alpha value is -0.950. The monoisotopic (exact) mass is 343 g/mol. The fourth-order valence-corrected chi connectivity index (χ4v) is 3.64. The van der Waals surface area contributed by atoms with Gasteiger partial charge in [0.2, 0.25) is 5.91 Å². The smallest absolute Gasteiger partial charge is 0.234 e. The lowest BCUT2D eigenvalue weighted by Gasteiger charge is -2.23. The summed E-state index contributed by atoms with van der Waals surface area (Å²) >= 11 is 8.93. The third-order valence-corrected chi connectivity index (χ3v) is 5.45. The van der Waals surface area contributed by atoms with Crippen LogP contribution in [0.15, 0.2) is 17.5 Å². The van der Waals surface area contributed by atoms with Crippen molar-refractivity contribution in [3.8, 4) is 0 Å². The van der Waals surface area contributed by atoms with E-state index >= 15 is 0 Å². The van der Waals surface area contributed by atoms with Crippen molar-refractivity contribution in [1.82, 2.24) is 15.6 Å². The fraction of sp³-hybridized carbons (Fsp3) is 0.429. The van der Waals surface area contributed by atoms with Crippen LogP contribution in [0.5, 0.6) is 0 Å². The maximum absolute atomic E-state index is 11.9. The molecule has 1 amide bonds. The lowest BCUT2D eigenvalue weighted by molar-refractivity contribution is -0.120. The second-order valence-corrected chi connectivity index (χ2v) is 7.91. The summed E-state index contributed by atoms with van der Waals surface area (Å²) in [6, 6.07) is 3.75. The zero-order valence-corrected chi connectivity index (χ0v) is 14.6. The third-order valence-electron chi connectivity index (χ3n) is 2.93. The molecule has 0 unspecified atom stereocenters. The molecule has 2 rings (SSSR count). The quantitative estimate of drug-likeness (QED) is 0.846. The number of halogens is 1. The molecule has 2 aromatic rings. The molecule has 0 aromatic carbocycles. The number of carbonyl (C=O) groups excluding carboxylic acids is 1. The summed E-state index contributed by atoms with van der Waals surface area (Å²) in [7, 11) is 0. The van der Waals surface area contributed by atoms with Gasteiger partial charge in [0, 0.05) is 16.0 Å². The molecule has 0 aliphatic carbocycles. The van der Waals surface area contributed by atoms with Gasteiger partial charge in [-0.2, -0.15) is 0 Å². The lowest BCUT2D eigenvalue weighted by Crippen LogP contribution is -2.43. The van der Waals surface area contributed by atoms with E-state index in [2.05, 4.69) is 15.6 Å². The topological polar surface area (TPSA) is 54.0 Å². The van der Waals surface area contributed by atoms with Crippen molar-refractivity contribution in [3.05, 3.63) is 37.4 Å². The highest BCUT2D eigenvalue weighted by Gasteiger charge is 2.24. The molecule has 114 valence electrons. The predicted molar refractivity (Wildman–Crippen MR) is 89.1 cm³/mol. The summed E-state index contributed by atoms with van der Waals surface area (Å²) < 4.78 is 0.734. The molecule has 0 atom stereocenters. The highest BCUT2D eigenvalue weighted by Crippen LogP contribution is 2.23. The number of nitrogens with one attached hydrogen (secondary N) is 2. The number of hydrogen-bond acceptors (Lipinski definition) is 5. The van der Waals surface area contributed by atoms with Crippen molar-refractivity contribution in [2.45, 2.75) is 32.9 Å². The maximum Gasteiger partial charge on any atom is 0.234 e. The molecule has 0 radical (unpaired) electrons. The van der Waals surface area contributed by atoms with E-state index in [0.29, 0.717) is 6.54 Å². The molecule has 7 heteroatoms. The Kier molecular flexibility index (Phi) is 5.37. The summed E-state index contributed by atoms with van der Waals surface area (Å²) in [5, 5.41) is 9.12. The molecule has 2 N–H and O–H groups in total. The van der Waals surface area contributed by atoms with E-state index in [9.17, 15) is 4.79 Å². The molecule has 0 aliphatic heterocycles.